The first-order valence-corrected chi connectivity index (χ1v) is 10.9. The zero-order valence-corrected chi connectivity index (χ0v) is 19.1. The Morgan fingerprint density at radius 3 is 2.38 bits per heavy atom. The van der Waals surface area contributed by atoms with Crippen LogP contribution in [-0.2, 0) is 22.4 Å². The second-order valence-corrected chi connectivity index (χ2v) is 7.33. The molecule has 0 spiro atoms. The van der Waals surface area contributed by atoms with Crippen LogP contribution in [0.1, 0.15) is 34.0 Å². The second-order valence-electron chi connectivity index (χ2n) is 7.33. The molecule has 6 nitrogen and oxygen atoms in total. The van der Waals surface area contributed by atoms with Crippen molar-refractivity contribution in [3.63, 3.8) is 0 Å². The van der Waals surface area contributed by atoms with Crippen molar-refractivity contribution in [2.75, 3.05) is 13.7 Å². The summed E-state index contributed by atoms with van der Waals surface area (Å²) in [6.45, 7) is 1.84. The Morgan fingerprint density at radius 2 is 1.68 bits per heavy atom. The number of nitriles is 1. The number of hydrogen-bond acceptors (Lipinski definition) is 6. The quantitative estimate of drug-likeness (QED) is 0.192. The predicted molar refractivity (Wildman–Crippen MR) is 128 cm³/mol. The lowest BCUT2D eigenvalue weighted by Crippen LogP contribution is -2.12. The third kappa shape index (κ3) is 6.33. The standard InChI is InChI=1S/C28H25NO5/c1-3-33-27(30)23(19-29)17-21-14-16-25(26(18-21)32-2)34-28(31)24-12-8-7-11-22(24)15-13-20-9-5-4-6-10-20/h4-12,14,16-18H,3,13,15H2,1-2H3/b23-17+. The molecule has 0 aliphatic carbocycles. The predicted octanol–water partition coefficient (Wildman–Crippen LogP) is 5.17. The molecule has 0 saturated heterocycles. The van der Waals surface area contributed by atoms with Gasteiger partial charge >= 0.3 is 11.9 Å². The van der Waals surface area contributed by atoms with Gasteiger partial charge in [-0.3, -0.25) is 0 Å². The Kier molecular flexibility index (Phi) is 8.59. The van der Waals surface area contributed by atoms with E-state index in [1.54, 1.807) is 37.3 Å². The van der Waals surface area contributed by atoms with Gasteiger partial charge in [-0.1, -0.05) is 54.6 Å². The molecule has 0 aliphatic rings. The van der Waals surface area contributed by atoms with Gasteiger partial charge in [-0.25, -0.2) is 9.59 Å². The molecule has 0 bridgehead atoms. The molecule has 3 aromatic carbocycles. The van der Waals surface area contributed by atoms with Gasteiger partial charge in [-0.05, 0) is 60.7 Å². The average Bonchev–Trinajstić information content (AvgIpc) is 2.87. The van der Waals surface area contributed by atoms with Crippen molar-refractivity contribution in [3.05, 3.63) is 101 Å². The first-order valence-electron chi connectivity index (χ1n) is 10.9. The summed E-state index contributed by atoms with van der Waals surface area (Å²) in [5.41, 5.74) is 2.96. The number of benzene rings is 3. The molecule has 0 heterocycles. The Hall–Kier alpha value is -4.37. The maximum atomic E-state index is 13.0. The second kappa shape index (κ2) is 12.0. The van der Waals surface area contributed by atoms with Crippen molar-refractivity contribution in [1.29, 1.82) is 5.26 Å². The molecular formula is C28H25NO5. The lowest BCUT2D eigenvalue weighted by Gasteiger charge is -2.12. The van der Waals surface area contributed by atoms with Crippen LogP contribution in [0.2, 0.25) is 0 Å². The summed E-state index contributed by atoms with van der Waals surface area (Å²) >= 11 is 0. The molecule has 3 aromatic rings. The van der Waals surface area contributed by atoms with E-state index in [4.69, 9.17) is 14.2 Å². The molecule has 6 heteroatoms. The minimum absolute atomic E-state index is 0.138. The van der Waals surface area contributed by atoms with Gasteiger partial charge in [0, 0.05) is 0 Å². The number of esters is 2. The number of carbonyl (C=O) groups is 2. The first-order chi connectivity index (χ1) is 16.5. The van der Waals surface area contributed by atoms with Gasteiger partial charge in [0.1, 0.15) is 11.6 Å². The molecule has 172 valence electrons. The molecule has 0 unspecified atom stereocenters. The van der Waals surface area contributed by atoms with Gasteiger partial charge in [0.15, 0.2) is 11.5 Å². The lowest BCUT2D eigenvalue weighted by molar-refractivity contribution is -0.137. The fraction of sp³-hybridized carbons (Fsp3) is 0.179. The summed E-state index contributed by atoms with van der Waals surface area (Å²) in [6, 6.07) is 24.0. The van der Waals surface area contributed by atoms with Crippen LogP contribution in [0.4, 0.5) is 0 Å². The van der Waals surface area contributed by atoms with E-state index in [2.05, 4.69) is 12.1 Å². The molecule has 0 fully saturated rings. The van der Waals surface area contributed by atoms with Gasteiger partial charge in [0.2, 0.25) is 0 Å². The third-order valence-corrected chi connectivity index (χ3v) is 5.08. The summed E-state index contributed by atoms with van der Waals surface area (Å²) in [7, 11) is 1.45. The number of ether oxygens (including phenoxy) is 3. The van der Waals surface area contributed by atoms with Crippen LogP contribution in [0.15, 0.2) is 78.4 Å². The zero-order chi connectivity index (χ0) is 24.3. The fourth-order valence-corrected chi connectivity index (χ4v) is 3.39. The third-order valence-electron chi connectivity index (χ3n) is 5.08. The van der Waals surface area contributed by atoms with Crippen LogP contribution in [0.25, 0.3) is 6.08 Å². The lowest BCUT2D eigenvalue weighted by atomic mass is 10.00. The van der Waals surface area contributed by atoms with Crippen molar-refractivity contribution in [3.8, 4) is 17.6 Å². The smallest absolute Gasteiger partial charge is 0.348 e. The van der Waals surface area contributed by atoms with E-state index < -0.39 is 11.9 Å². The molecule has 0 amide bonds. The van der Waals surface area contributed by atoms with Gasteiger partial charge < -0.3 is 14.2 Å². The maximum absolute atomic E-state index is 13.0. The van der Waals surface area contributed by atoms with Gasteiger partial charge in [-0.2, -0.15) is 5.26 Å². The molecule has 0 atom stereocenters. The SMILES string of the molecule is CCOC(=O)/C(C#N)=C/c1ccc(OC(=O)c2ccccc2CCc2ccccc2)c(OC)c1. The number of carbonyl (C=O) groups excluding carboxylic acids is 2. The van der Waals surface area contributed by atoms with E-state index >= 15 is 0 Å². The molecule has 0 aliphatic heterocycles. The largest absolute Gasteiger partial charge is 0.493 e. The molecule has 0 radical (unpaired) electrons. The van der Waals surface area contributed by atoms with Crippen LogP contribution in [-0.4, -0.2) is 25.7 Å². The van der Waals surface area contributed by atoms with Crippen LogP contribution < -0.4 is 9.47 Å². The van der Waals surface area contributed by atoms with E-state index in [9.17, 15) is 14.9 Å². The zero-order valence-electron chi connectivity index (χ0n) is 19.1. The summed E-state index contributed by atoms with van der Waals surface area (Å²) in [4.78, 5) is 24.9. The van der Waals surface area contributed by atoms with Crippen molar-refractivity contribution in [2.24, 2.45) is 0 Å². The van der Waals surface area contributed by atoms with Crippen LogP contribution in [0, 0.1) is 11.3 Å². The molecule has 0 N–H and O–H groups in total. The summed E-state index contributed by atoms with van der Waals surface area (Å²) in [5, 5.41) is 9.23. The summed E-state index contributed by atoms with van der Waals surface area (Å²) in [6.07, 6.45) is 2.89. The normalized spacial score (nSPS) is 10.8. The monoisotopic (exact) mass is 455 g/mol. The molecular weight excluding hydrogens is 430 g/mol. The Labute approximate surface area is 199 Å². The number of aryl methyl sites for hydroxylation is 2. The fourth-order valence-electron chi connectivity index (χ4n) is 3.39. The summed E-state index contributed by atoms with van der Waals surface area (Å²) < 4.78 is 15.9. The average molecular weight is 456 g/mol. The number of hydrogen-bond donors (Lipinski definition) is 0. The van der Waals surface area contributed by atoms with Gasteiger partial charge in [0.05, 0.1) is 19.3 Å². The van der Waals surface area contributed by atoms with Crippen molar-refractivity contribution in [1.82, 2.24) is 0 Å². The Balaban J connectivity index is 1.79. The Morgan fingerprint density at radius 1 is 0.941 bits per heavy atom. The van der Waals surface area contributed by atoms with E-state index in [0.29, 0.717) is 23.3 Å². The van der Waals surface area contributed by atoms with E-state index in [0.717, 1.165) is 12.0 Å². The maximum Gasteiger partial charge on any atom is 0.348 e. The van der Waals surface area contributed by atoms with Crippen LogP contribution >= 0.6 is 0 Å². The van der Waals surface area contributed by atoms with E-state index in [1.165, 1.54) is 18.7 Å². The highest BCUT2D eigenvalue weighted by Crippen LogP contribution is 2.30. The topological polar surface area (TPSA) is 85.6 Å². The summed E-state index contributed by atoms with van der Waals surface area (Å²) in [5.74, 6) is -0.664. The first kappa shape index (κ1) is 24.3. The minimum Gasteiger partial charge on any atom is -0.493 e. The minimum atomic E-state index is -0.702. The van der Waals surface area contributed by atoms with E-state index in [-0.39, 0.29) is 17.9 Å². The van der Waals surface area contributed by atoms with Gasteiger partial charge in [-0.15, -0.1) is 0 Å². The van der Waals surface area contributed by atoms with Gasteiger partial charge in [0.25, 0.3) is 0 Å². The molecule has 34 heavy (non-hydrogen) atoms. The van der Waals surface area contributed by atoms with Crippen molar-refractivity contribution in [2.45, 2.75) is 19.8 Å². The van der Waals surface area contributed by atoms with Crippen LogP contribution in [0.5, 0.6) is 11.5 Å². The molecule has 0 aromatic heterocycles. The number of rotatable bonds is 9. The van der Waals surface area contributed by atoms with Crippen molar-refractivity contribution < 1.29 is 23.8 Å². The Bertz CT molecular complexity index is 1230. The highest BCUT2D eigenvalue weighted by Gasteiger charge is 2.17. The molecule has 0 saturated carbocycles. The van der Waals surface area contributed by atoms with Crippen molar-refractivity contribution >= 4 is 18.0 Å². The molecule has 3 rings (SSSR count). The van der Waals surface area contributed by atoms with Crippen LogP contribution in [0.3, 0.4) is 0 Å². The highest BCUT2D eigenvalue weighted by atomic mass is 16.6. The van der Waals surface area contributed by atoms with E-state index in [1.807, 2.05) is 36.4 Å². The number of nitrogens with zero attached hydrogens (tertiary/aromatic N) is 1. The highest BCUT2D eigenvalue weighted by molar-refractivity contribution is 5.98. The number of methoxy groups -OCH3 is 1.